The van der Waals surface area contributed by atoms with E-state index < -0.39 is 5.91 Å². The molecule has 2 heterocycles. The van der Waals surface area contributed by atoms with Gasteiger partial charge in [0, 0.05) is 25.7 Å². The standard InChI is InChI=1S/C12H17N5O2.ClH/c1-7(14-2)4-10-15-12(19-16-10)9-5-8(11(13)18)6-17(9)3;/h5-7,14H,4H2,1-3H3,(H2,13,18);1H. The highest BCUT2D eigenvalue weighted by Crippen LogP contribution is 2.19. The van der Waals surface area contributed by atoms with E-state index in [0.29, 0.717) is 29.4 Å². The van der Waals surface area contributed by atoms with Crippen LogP contribution in [0.1, 0.15) is 23.1 Å². The number of nitrogens with zero attached hydrogens (tertiary/aromatic N) is 3. The number of likely N-dealkylation sites (N-methyl/N-ethyl adjacent to an activating group) is 1. The van der Waals surface area contributed by atoms with Crippen LogP contribution in [-0.2, 0) is 13.5 Å². The van der Waals surface area contributed by atoms with Crippen LogP contribution in [0.5, 0.6) is 0 Å². The van der Waals surface area contributed by atoms with Gasteiger partial charge in [0.25, 0.3) is 5.89 Å². The molecule has 0 fully saturated rings. The zero-order chi connectivity index (χ0) is 14.0. The maximum atomic E-state index is 11.1. The topological polar surface area (TPSA) is 99.0 Å². The minimum atomic E-state index is -0.481. The van der Waals surface area contributed by atoms with Crippen molar-refractivity contribution in [1.29, 1.82) is 0 Å². The van der Waals surface area contributed by atoms with Gasteiger partial charge in [-0.25, -0.2) is 0 Å². The van der Waals surface area contributed by atoms with E-state index in [2.05, 4.69) is 15.5 Å². The normalized spacial score (nSPS) is 11.9. The van der Waals surface area contributed by atoms with E-state index in [-0.39, 0.29) is 18.4 Å². The Morgan fingerprint density at radius 2 is 2.30 bits per heavy atom. The quantitative estimate of drug-likeness (QED) is 0.848. The van der Waals surface area contributed by atoms with Gasteiger partial charge in [-0.15, -0.1) is 12.4 Å². The van der Waals surface area contributed by atoms with E-state index in [1.807, 2.05) is 14.0 Å². The Bertz CT molecular complexity index is 592. The number of amides is 1. The molecule has 1 atom stereocenters. The van der Waals surface area contributed by atoms with E-state index >= 15 is 0 Å². The van der Waals surface area contributed by atoms with Crippen molar-refractivity contribution in [3.05, 3.63) is 23.7 Å². The van der Waals surface area contributed by atoms with Crippen LogP contribution in [0.25, 0.3) is 11.6 Å². The zero-order valence-electron chi connectivity index (χ0n) is 11.6. The number of carbonyl (C=O) groups excluding carboxylic acids is 1. The molecule has 7 nitrogen and oxygen atoms in total. The molecule has 0 bridgehead atoms. The summed E-state index contributed by atoms with van der Waals surface area (Å²) in [4.78, 5) is 15.4. The Hall–Kier alpha value is -1.86. The zero-order valence-corrected chi connectivity index (χ0v) is 12.4. The molecule has 1 unspecified atom stereocenters. The predicted octanol–water partition coefficient (Wildman–Crippen LogP) is 0.746. The Balaban J connectivity index is 0.00000200. The van der Waals surface area contributed by atoms with Gasteiger partial charge in [-0.2, -0.15) is 4.98 Å². The second-order valence-corrected chi connectivity index (χ2v) is 4.50. The Labute approximate surface area is 122 Å². The average molecular weight is 300 g/mol. The molecule has 0 aromatic carbocycles. The summed E-state index contributed by atoms with van der Waals surface area (Å²) in [5, 5.41) is 7.02. The molecule has 20 heavy (non-hydrogen) atoms. The maximum Gasteiger partial charge on any atom is 0.274 e. The van der Waals surface area contributed by atoms with Crippen LogP contribution in [0.4, 0.5) is 0 Å². The molecule has 1 amide bonds. The molecule has 0 spiro atoms. The third kappa shape index (κ3) is 3.37. The summed E-state index contributed by atoms with van der Waals surface area (Å²) in [5.74, 6) is 0.525. The smallest absolute Gasteiger partial charge is 0.274 e. The van der Waals surface area contributed by atoms with Gasteiger partial charge in [0.1, 0.15) is 5.69 Å². The van der Waals surface area contributed by atoms with Crippen molar-refractivity contribution in [1.82, 2.24) is 20.0 Å². The summed E-state index contributed by atoms with van der Waals surface area (Å²) in [5.41, 5.74) is 6.32. The van der Waals surface area contributed by atoms with Crippen molar-refractivity contribution in [2.24, 2.45) is 12.8 Å². The first-order valence-electron chi connectivity index (χ1n) is 5.97. The number of primary amides is 1. The van der Waals surface area contributed by atoms with Gasteiger partial charge < -0.3 is 20.1 Å². The fraction of sp³-hybridized carbons (Fsp3) is 0.417. The van der Waals surface area contributed by atoms with Crippen molar-refractivity contribution in [2.45, 2.75) is 19.4 Å². The predicted molar refractivity (Wildman–Crippen MR) is 76.7 cm³/mol. The minimum Gasteiger partial charge on any atom is -0.366 e. The van der Waals surface area contributed by atoms with Crippen molar-refractivity contribution < 1.29 is 9.32 Å². The molecule has 0 saturated carbocycles. The molecular weight excluding hydrogens is 282 g/mol. The number of hydrogen-bond acceptors (Lipinski definition) is 5. The average Bonchev–Trinajstić information content (AvgIpc) is 2.95. The number of hydrogen-bond donors (Lipinski definition) is 2. The fourth-order valence-electron chi connectivity index (χ4n) is 1.73. The Morgan fingerprint density at radius 1 is 1.60 bits per heavy atom. The minimum absolute atomic E-state index is 0. The van der Waals surface area contributed by atoms with Crippen molar-refractivity contribution >= 4 is 18.3 Å². The number of carbonyl (C=O) groups is 1. The highest BCUT2D eigenvalue weighted by atomic mass is 35.5. The van der Waals surface area contributed by atoms with Gasteiger partial charge in [0.15, 0.2) is 5.82 Å². The Kier molecular flexibility index (Phi) is 5.29. The molecule has 0 aliphatic rings. The lowest BCUT2D eigenvalue weighted by Crippen LogP contribution is -2.24. The summed E-state index contributed by atoms with van der Waals surface area (Å²) in [6.07, 6.45) is 2.31. The van der Waals surface area contributed by atoms with Crippen LogP contribution in [0, 0.1) is 0 Å². The molecule has 2 aromatic heterocycles. The van der Waals surface area contributed by atoms with Crippen LogP contribution in [0.15, 0.2) is 16.8 Å². The van der Waals surface area contributed by atoms with E-state index in [4.69, 9.17) is 10.3 Å². The van der Waals surface area contributed by atoms with Crippen LogP contribution in [-0.4, -0.2) is 33.7 Å². The first kappa shape index (κ1) is 16.2. The first-order valence-corrected chi connectivity index (χ1v) is 5.97. The number of nitrogens with one attached hydrogen (secondary N) is 1. The van der Waals surface area contributed by atoms with E-state index in [1.165, 1.54) is 0 Å². The molecule has 0 saturated heterocycles. The summed E-state index contributed by atoms with van der Waals surface area (Å²) in [6.45, 7) is 2.03. The summed E-state index contributed by atoms with van der Waals surface area (Å²) in [6, 6.07) is 1.90. The van der Waals surface area contributed by atoms with E-state index in [1.54, 1.807) is 23.9 Å². The molecule has 3 N–H and O–H groups in total. The van der Waals surface area contributed by atoms with Gasteiger partial charge in [0.05, 0.1) is 5.56 Å². The molecule has 0 radical (unpaired) electrons. The lowest BCUT2D eigenvalue weighted by molar-refractivity contribution is 0.100. The van der Waals surface area contributed by atoms with Gasteiger partial charge in [0.2, 0.25) is 5.91 Å². The van der Waals surface area contributed by atoms with Gasteiger partial charge in [-0.3, -0.25) is 4.79 Å². The highest BCUT2D eigenvalue weighted by molar-refractivity contribution is 5.93. The van der Waals surface area contributed by atoms with Crippen LogP contribution >= 0.6 is 12.4 Å². The number of nitrogens with two attached hydrogens (primary N) is 1. The number of rotatable bonds is 5. The van der Waals surface area contributed by atoms with Gasteiger partial charge in [-0.05, 0) is 20.0 Å². The summed E-state index contributed by atoms with van der Waals surface area (Å²) in [7, 11) is 3.67. The van der Waals surface area contributed by atoms with Gasteiger partial charge >= 0.3 is 0 Å². The Morgan fingerprint density at radius 3 is 2.85 bits per heavy atom. The molecule has 0 aliphatic carbocycles. The molecule has 0 aliphatic heterocycles. The van der Waals surface area contributed by atoms with Crippen molar-refractivity contribution in [2.75, 3.05) is 7.05 Å². The van der Waals surface area contributed by atoms with Crippen LogP contribution in [0.2, 0.25) is 0 Å². The lowest BCUT2D eigenvalue weighted by Gasteiger charge is -2.04. The summed E-state index contributed by atoms with van der Waals surface area (Å²) >= 11 is 0. The van der Waals surface area contributed by atoms with Gasteiger partial charge in [-0.1, -0.05) is 5.16 Å². The maximum absolute atomic E-state index is 11.1. The molecular formula is C12H18ClN5O2. The molecule has 8 heteroatoms. The molecule has 110 valence electrons. The summed E-state index contributed by atoms with van der Waals surface area (Å²) < 4.78 is 6.94. The molecule has 2 aromatic rings. The number of halogens is 1. The third-order valence-electron chi connectivity index (χ3n) is 2.96. The molecule has 2 rings (SSSR count). The van der Waals surface area contributed by atoms with Crippen LogP contribution in [0.3, 0.4) is 0 Å². The SMILES string of the molecule is CNC(C)Cc1noc(-c2cc(C(N)=O)cn2C)n1.Cl. The van der Waals surface area contributed by atoms with Crippen LogP contribution < -0.4 is 11.1 Å². The third-order valence-corrected chi connectivity index (χ3v) is 2.96. The second-order valence-electron chi connectivity index (χ2n) is 4.50. The second kappa shape index (κ2) is 6.53. The first-order chi connectivity index (χ1) is 9.01. The number of aromatic nitrogens is 3. The van der Waals surface area contributed by atoms with Crippen molar-refractivity contribution in [3.63, 3.8) is 0 Å². The van der Waals surface area contributed by atoms with E-state index in [0.717, 1.165) is 0 Å². The van der Waals surface area contributed by atoms with Crippen molar-refractivity contribution in [3.8, 4) is 11.6 Å². The highest BCUT2D eigenvalue weighted by Gasteiger charge is 2.16. The fourth-order valence-corrected chi connectivity index (χ4v) is 1.73. The number of aryl methyl sites for hydroxylation is 1. The monoisotopic (exact) mass is 299 g/mol. The largest absolute Gasteiger partial charge is 0.366 e. The lowest BCUT2D eigenvalue weighted by atomic mass is 10.2. The van der Waals surface area contributed by atoms with E-state index in [9.17, 15) is 4.79 Å².